The molecule has 25 heavy (non-hydrogen) atoms. The van der Waals surface area contributed by atoms with Crippen molar-refractivity contribution in [3.63, 3.8) is 0 Å². The Hall–Kier alpha value is -2.24. The average Bonchev–Trinajstić information content (AvgIpc) is 2.58. The van der Waals surface area contributed by atoms with Crippen molar-refractivity contribution < 1.29 is 14.3 Å². The zero-order chi connectivity index (χ0) is 18.4. The molecule has 0 bridgehead atoms. The van der Waals surface area contributed by atoms with Crippen LogP contribution < -0.4 is 15.4 Å². The molecule has 0 spiro atoms. The molecule has 0 radical (unpaired) electrons. The molecule has 2 aromatic carbocycles. The number of halogens is 2. The van der Waals surface area contributed by atoms with Crippen LogP contribution in [-0.4, -0.2) is 24.5 Å². The predicted molar refractivity (Wildman–Crippen MR) is 99.4 cm³/mol. The van der Waals surface area contributed by atoms with Crippen molar-refractivity contribution in [3.8, 4) is 5.75 Å². The summed E-state index contributed by atoms with van der Waals surface area (Å²) in [4.78, 5) is 24.0. The third kappa shape index (κ3) is 5.37. The van der Waals surface area contributed by atoms with Gasteiger partial charge in [-0.1, -0.05) is 41.4 Å². The Labute approximate surface area is 156 Å². The SMILES string of the molecule is Cc1c(Cl)cccc1NC(=O)CNC(=O)[C@@H](C)Oc1ccccc1Cl. The van der Waals surface area contributed by atoms with E-state index in [2.05, 4.69) is 10.6 Å². The van der Waals surface area contributed by atoms with Crippen LogP contribution in [-0.2, 0) is 9.59 Å². The van der Waals surface area contributed by atoms with Crippen LogP contribution in [0, 0.1) is 6.92 Å². The predicted octanol–water partition coefficient (Wildman–Crippen LogP) is 3.82. The topological polar surface area (TPSA) is 67.4 Å². The first-order valence-electron chi connectivity index (χ1n) is 7.62. The summed E-state index contributed by atoms with van der Waals surface area (Å²) < 4.78 is 5.50. The molecule has 2 amide bonds. The van der Waals surface area contributed by atoms with Gasteiger partial charge in [-0.15, -0.1) is 0 Å². The first kappa shape index (κ1) is 19.1. The number of rotatable bonds is 6. The van der Waals surface area contributed by atoms with Crippen molar-refractivity contribution >= 4 is 40.7 Å². The summed E-state index contributed by atoms with van der Waals surface area (Å²) in [6.07, 6.45) is -0.791. The largest absolute Gasteiger partial charge is 0.479 e. The van der Waals surface area contributed by atoms with Gasteiger partial charge in [0, 0.05) is 10.7 Å². The zero-order valence-electron chi connectivity index (χ0n) is 13.8. The van der Waals surface area contributed by atoms with Crippen LogP contribution in [0.2, 0.25) is 10.0 Å². The van der Waals surface area contributed by atoms with E-state index in [1.165, 1.54) is 0 Å². The first-order valence-corrected chi connectivity index (χ1v) is 8.38. The Kier molecular flexibility index (Phi) is 6.67. The number of ether oxygens (including phenoxy) is 1. The Morgan fingerprint density at radius 2 is 1.76 bits per heavy atom. The number of para-hydroxylation sites is 1. The highest BCUT2D eigenvalue weighted by atomic mass is 35.5. The molecule has 0 saturated heterocycles. The average molecular weight is 381 g/mol. The summed E-state index contributed by atoms with van der Waals surface area (Å²) in [5.74, 6) is -0.368. The minimum absolute atomic E-state index is 0.180. The van der Waals surface area contributed by atoms with Gasteiger partial charge in [-0.3, -0.25) is 9.59 Å². The summed E-state index contributed by atoms with van der Waals surface area (Å²) in [5.41, 5.74) is 1.37. The normalized spacial score (nSPS) is 11.5. The molecule has 0 aliphatic carbocycles. The van der Waals surface area contributed by atoms with Crippen molar-refractivity contribution in [2.45, 2.75) is 20.0 Å². The van der Waals surface area contributed by atoms with E-state index >= 15 is 0 Å². The summed E-state index contributed by atoms with van der Waals surface area (Å²) in [5, 5.41) is 6.20. The van der Waals surface area contributed by atoms with Gasteiger partial charge in [0.2, 0.25) is 5.91 Å². The second kappa shape index (κ2) is 8.74. The summed E-state index contributed by atoms with van der Waals surface area (Å²) in [6.45, 7) is 3.20. The monoisotopic (exact) mass is 380 g/mol. The molecule has 5 nitrogen and oxygen atoms in total. The molecular formula is C18H18Cl2N2O3. The van der Waals surface area contributed by atoms with Crippen molar-refractivity contribution in [1.29, 1.82) is 0 Å². The molecular weight excluding hydrogens is 363 g/mol. The Balaban J connectivity index is 1.85. The molecule has 1 atom stereocenters. The van der Waals surface area contributed by atoms with Crippen LogP contribution in [0.1, 0.15) is 12.5 Å². The van der Waals surface area contributed by atoms with E-state index < -0.39 is 12.0 Å². The summed E-state index contributed by atoms with van der Waals surface area (Å²) in [6, 6.07) is 12.1. The number of benzene rings is 2. The van der Waals surface area contributed by atoms with E-state index in [4.69, 9.17) is 27.9 Å². The molecule has 0 unspecified atom stereocenters. The van der Waals surface area contributed by atoms with Gasteiger partial charge in [0.25, 0.3) is 5.91 Å². The minimum Gasteiger partial charge on any atom is -0.479 e. The van der Waals surface area contributed by atoms with Gasteiger partial charge in [0.1, 0.15) is 5.75 Å². The Morgan fingerprint density at radius 3 is 2.48 bits per heavy atom. The van der Waals surface area contributed by atoms with Crippen LogP contribution in [0.15, 0.2) is 42.5 Å². The number of anilines is 1. The molecule has 0 heterocycles. The van der Waals surface area contributed by atoms with Gasteiger partial charge in [-0.25, -0.2) is 0 Å². The molecule has 2 N–H and O–H groups in total. The van der Waals surface area contributed by atoms with E-state index in [0.717, 1.165) is 5.56 Å². The number of carbonyl (C=O) groups is 2. The minimum atomic E-state index is -0.791. The van der Waals surface area contributed by atoms with Gasteiger partial charge in [0.05, 0.1) is 11.6 Å². The van der Waals surface area contributed by atoms with Gasteiger partial charge >= 0.3 is 0 Å². The maximum atomic E-state index is 12.1. The smallest absolute Gasteiger partial charge is 0.261 e. The molecule has 0 fully saturated rings. The highest BCUT2D eigenvalue weighted by Crippen LogP contribution is 2.24. The van der Waals surface area contributed by atoms with Crippen LogP contribution in [0.5, 0.6) is 5.75 Å². The van der Waals surface area contributed by atoms with E-state index in [0.29, 0.717) is 21.5 Å². The summed E-state index contributed by atoms with van der Waals surface area (Å²) in [7, 11) is 0. The molecule has 2 aromatic rings. The number of hydrogen-bond donors (Lipinski definition) is 2. The molecule has 0 aliphatic heterocycles. The molecule has 0 aromatic heterocycles. The Morgan fingerprint density at radius 1 is 1.08 bits per heavy atom. The number of nitrogens with one attached hydrogen (secondary N) is 2. The van der Waals surface area contributed by atoms with Crippen LogP contribution in [0.4, 0.5) is 5.69 Å². The van der Waals surface area contributed by atoms with Gasteiger partial charge in [-0.2, -0.15) is 0 Å². The third-order valence-electron chi connectivity index (χ3n) is 3.47. The van der Waals surface area contributed by atoms with E-state index in [1.807, 2.05) is 0 Å². The lowest BCUT2D eigenvalue weighted by atomic mass is 10.2. The van der Waals surface area contributed by atoms with Crippen LogP contribution in [0.3, 0.4) is 0 Å². The lowest BCUT2D eigenvalue weighted by Crippen LogP contribution is -2.40. The molecule has 132 valence electrons. The van der Waals surface area contributed by atoms with Gasteiger partial charge in [-0.05, 0) is 43.7 Å². The third-order valence-corrected chi connectivity index (χ3v) is 4.20. The lowest BCUT2D eigenvalue weighted by Gasteiger charge is -2.15. The molecule has 0 aliphatic rings. The maximum Gasteiger partial charge on any atom is 0.261 e. The van der Waals surface area contributed by atoms with Crippen molar-refractivity contribution in [2.24, 2.45) is 0 Å². The second-order valence-corrected chi connectivity index (χ2v) is 6.18. The quantitative estimate of drug-likeness (QED) is 0.799. The van der Waals surface area contributed by atoms with E-state index in [9.17, 15) is 9.59 Å². The highest BCUT2D eigenvalue weighted by Gasteiger charge is 2.17. The second-order valence-electron chi connectivity index (χ2n) is 5.37. The number of carbonyl (C=O) groups excluding carboxylic acids is 2. The van der Waals surface area contributed by atoms with Gasteiger partial charge in [0.15, 0.2) is 6.10 Å². The van der Waals surface area contributed by atoms with Crippen molar-refractivity contribution in [1.82, 2.24) is 5.32 Å². The Bertz CT molecular complexity index is 781. The van der Waals surface area contributed by atoms with E-state index in [1.54, 1.807) is 56.3 Å². The van der Waals surface area contributed by atoms with Crippen LogP contribution in [0.25, 0.3) is 0 Å². The van der Waals surface area contributed by atoms with Crippen molar-refractivity contribution in [2.75, 3.05) is 11.9 Å². The van der Waals surface area contributed by atoms with Gasteiger partial charge < -0.3 is 15.4 Å². The maximum absolute atomic E-state index is 12.1. The molecule has 0 saturated carbocycles. The lowest BCUT2D eigenvalue weighted by molar-refractivity contribution is -0.129. The summed E-state index contributed by atoms with van der Waals surface area (Å²) >= 11 is 12.0. The molecule has 7 heteroatoms. The highest BCUT2D eigenvalue weighted by molar-refractivity contribution is 6.32. The molecule has 2 rings (SSSR count). The number of amides is 2. The fourth-order valence-electron chi connectivity index (χ4n) is 2.03. The fourth-order valence-corrected chi connectivity index (χ4v) is 2.39. The van der Waals surface area contributed by atoms with Crippen LogP contribution >= 0.6 is 23.2 Å². The number of hydrogen-bond acceptors (Lipinski definition) is 3. The van der Waals surface area contributed by atoms with Crippen molar-refractivity contribution in [3.05, 3.63) is 58.1 Å². The zero-order valence-corrected chi connectivity index (χ0v) is 15.3. The fraction of sp³-hybridized carbons (Fsp3) is 0.222. The first-order chi connectivity index (χ1) is 11.9. The van der Waals surface area contributed by atoms with E-state index in [-0.39, 0.29) is 12.5 Å². The standard InChI is InChI=1S/C18H18Cl2N2O3/c1-11-13(19)7-5-8-15(11)22-17(23)10-21-18(24)12(2)25-16-9-4-3-6-14(16)20/h3-9,12H,10H2,1-2H3,(H,21,24)(H,22,23)/t12-/m1/s1.